The van der Waals surface area contributed by atoms with E-state index in [1.54, 1.807) is 25.3 Å². The number of nitrogens with one attached hydrogen (secondary N) is 1. The van der Waals surface area contributed by atoms with E-state index in [9.17, 15) is 9.59 Å². The third-order valence-electron chi connectivity index (χ3n) is 6.39. The van der Waals surface area contributed by atoms with Crippen molar-refractivity contribution < 1.29 is 19.1 Å². The number of benzene rings is 2. The molecule has 0 radical (unpaired) electrons. The van der Waals surface area contributed by atoms with E-state index in [0.29, 0.717) is 35.7 Å². The normalized spacial score (nSPS) is 18.0. The topological polar surface area (TPSA) is 93.9 Å². The van der Waals surface area contributed by atoms with E-state index < -0.39 is 0 Å². The zero-order valence-electron chi connectivity index (χ0n) is 21.6. The van der Waals surface area contributed by atoms with Crippen LogP contribution >= 0.6 is 0 Å². The van der Waals surface area contributed by atoms with Gasteiger partial charge >= 0.3 is 0 Å². The van der Waals surface area contributed by atoms with E-state index in [4.69, 9.17) is 15.2 Å². The lowest BCUT2D eigenvalue weighted by Crippen LogP contribution is -2.44. The highest BCUT2D eigenvalue weighted by Crippen LogP contribution is 2.29. The van der Waals surface area contributed by atoms with Crippen molar-refractivity contribution in [3.8, 4) is 11.5 Å². The van der Waals surface area contributed by atoms with Crippen molar-refractivity contribution in [1.29, 1.82) is 0 Å². The number of anilines is 1. The minimum atomic E-state index is -0.237. The van der Waals surface area contributed by atoms with Crippen LogP contribution in [0.3, 0.4) is 0 Å². The lowest BCUT2D eigenvalue weighted by molar-refractivity contribution is -0.137. The highest BCUT2D eigenvalue weighted by atomic mass is 16.5. The van der Waals surface area contributed by atoms with Crippen molar-refractivity contribution in [3.63, 3.8) is 0 Å². The molecule has 0 saturated heterocycles. The van der Waals surface area contributed by atoms with E-state index in [2.05, 4.69) is 26.1 Å². The molecule has 2 amide bonds. The van der Waals surface area contributed by atoms with E-state index in [1.807, 2.05) is 29.2 Å². The Morgan fingerprint density at radius 1 is 0.971 bits per heavy atom. The maximum atomic E-state index is 13.2. The molecule has 0 spiro atoms. The monoisotopic (exact) mass is 481 g/mol. The van der Waals surface area contributed by atoms with Gasteiger partial charge in [-0.1, -0.05) is 32.9 Å². The van der Waals surface area contributed by atoms with Crippen LogP contribution in [0.25, 0.3) is 0 Å². The van der Waals surface area contributed by atoms with Crippen molar-refractivity contribution in [3.05, 3.63) is 53.6 Å². The molecule has 3 rings (SSSR count). The Balaban J connectivity index is 1.69. The summed E-state index contributed by atoms with van der Waals surface area (Å²) in [5.74, 6) is 1.01. The Morgan fingerprint density at radius 2 is 1.60 bits per heavy atom. The van der Waals surface area contributed by atoms with Crippen molar-refractivity contribution in [2.24, 2.45) is 11.1 Å². The Kier molecular flexibility index (Phi) is 8.78. The third-order valence-corrected chi connectivity index (χ3v) is 6.39. The molecule has 1 fully saturated rings. The number of hydrogen-bond donors (Lipinski definition) is 2. The fourth-order valence-electron chi connectivity index (χ4n) is 4.46. The summed E-state index contributed by atoms with van der Waals surface area (Å²) >= 11 is 0. The molecule has 2 aromatic carbocycles. The second-order valence-corrected chi connectivity index (χ2v) is 10.5. The number of carbonyl (C=O) groups is 2. The first-order valence-corrected chi connectivity index (χ1v) is 12.3. The molecular weight excluding hydrogens is 442 g/mol. The highest BCUT2D eigenvalue weighted by molar-refractivity contribution is 6.04. The van der Waals surface area contributed by atoms with Gasteiger partial charge in [0.05, 0.1) is 14.2 Å². The van der Waals surface area contributed by atoms with Gasteiger partial charge in [-0.05, 0) is 67.0 Å². The number of amides is 2. The number of rotatable bonds is 8. The van der Waals surface area contributed by atoms with Gasteiger partial charge in [-0.25, -0.2) is 0 Å². The predicted molar refractivity (Wildman–Crippen MR) is 139 cm³/mol. The van der Waals surface area contributed by atoms with E-state index in [-0.39, 0.29) is 29.3 Å². The van der Waals surface area contributed by atoms with Gasteiger partial charge in [-0.15, -0.1) is 0 Å². The maximum absolute atomic E-state index is 13.2. The summed E-state index contributed by atoms with van der Waals surface area (Å²) in [5, 5.41) is 2.92. The van der Waals surface area contributed by atoms with Gasteiger partial charge in [0, 0.05) is 36.3 Å². The minimum absolute atomic E-state index is 0.0708. The Labute approximate surface area is 209 Å². The quantitative estimate of drug-likeness (QED) is 0.554. The molecule has 2 aromatic rings. The van der Waals surface area contributed by atoms with Crippen molar-refractivity contribution in [2.75, 3.05) is 19.5 Å². The summed E-state index contributed by atoms with van der Waals surface area (Å²) in [5.41, 5.74) is 8.23. The van der Waals surface area contributed by atoms with Crippen LogP contribution in [0.15, 0.2) is 42.5 Å². The summed E-state index contributed by atoms with van der Waals surface area (Å²) in [6, 6.07) is 13.2. The lowest BCUT2D eigenvalue weighted by atomic mass is 9.88. The summed E-state index contributed by atoms with van der Waals surface area (Å²) in [7, 11) is 3.09. The molecule has 0 heterocycles. The minimum Gasteiger partial charge on any atom is -0.493 e. The number of methoxy groups -OCH3 is 2. The van der Waals surface area contributed by atoms with Crippen LogP contribution in [0.1, 0.15) is 68.8 Å². The second kappa shape index (κ2) is 11.6. The smallest absolute Gasteiger partial charge is 0.255 e. The molecule has 7 heteroatoms. The average molecular weight is 482 g/mol. The second-order valence-electron chi connectivity index (χ2n) is 10.5. The SMILES string of the molecule is COc1ccc(C(=O)Nc2ccc(CN(C(=O)CC(C)(C)C)C3CCC(N)CC3)cc2)cc1OC. The molecule has 35 heavy (non-hydrogen) atoms. The first-order valence-electron chi connectivity index (χ1n) is 12.3. The van der Waals surface area contributed by atoms with Gasteiger partial charge in [0.15, 0.2) is 11.5 Å². The first kappa shape index (κ1) is 26.5. The van der Waals surface area contributed by atoms with Crippen LogP contribution in [0.4, 0.5) is 5.69 Å². The van der Waals surface area contributed by atoms with Crippen LogP contribution in [-0.4, -0.2) is 43.0 Å². The average Bonchev–Trinajstić information content (AvgIpc) is 2.82. The molecule has 1 aliphatic rings. The molecule has 7 nitrogen and oxygen atoms in total. The Hall–Kier alpha value is -3.06. The number of carbonyl (C=O) groups excluding carboxylic acids is 2. The molecule has 0 bridgehead atoms. The first-order chi connectivity index (χ1) is 16.6. The van der Waals surface area contributed by atoms with Crippen LogP contribution < -0.4 is 20.5 Å². The summed E-state index contributed by atoms with van der Waals surface area (Å²) in [6.07, 6.45) is 4.29. The zero-order chi connectivity index (χ0) is 25.6. The summed E-state index contributed by atoms with van der Waals surface area (Å²) in [6.45, 7) is 6.83. The zero-order valence-corrected chi connectivity index (χ0v) is 21.6. The van der Waals surface area contributed by atoms with Crippen molar-refractivity contribution in [1.82, 2.24) is 4.90 Å². The standard InChI is InChI=1S/C28H39N3O4/c1-28(2,3)17-26(32)31(23-13-9-21(29)10-14-23)18-19-6-11-22(12-7-19)30-27(33)20-8-15-24(34-4)25(16-20)35-5/h6-8,11-12,15-16,21,23H,9-10,13-14,17-18,29H2,1-5H3,(H,30,33). The van der Waals surface area contributed by atoms with Crippen LogP contribution in [0.2, 0.25) is 0 Å². The van der Waals surface area contributed by atoms with Gasteiger partial charge in [-0.3, -0.25) is 9.59 Å². The predicted octanol–water partition coefficient (Wildman–Crippen LogP) is 4.99. The van der Waals surface area contributed by atoms with Gasteiger partial charge in [0.25, 0.3) is 5.91 Å². The molecule has 3 N–H and O–H groups in total. The lowest BCUT2D eigenvalue weighted by Gasteiger charge is -2.37. The number of ether oxygens (including phenoxy) is 2. The van der Waals surface area contributed by atoms with Gasteiger partial charge in [-0.2, -0.15) is 0 Å². The van der Waals surface area contributed by atoms with Gasteiger partial charge < -0.3 is 25.4 Å². The number of nitrogens with zero attached hydrogens (tertiary/aromatic N) is 1. The molecule has 0 atom stereocenters. The van der Waals surface area contributed by atoms with Gasteiger partial charge in [0.2, 0.25) is 5.91 Å². The number of hydrogen-bond acceptors (Lipinski definition) is 5. The molecule has 190 valence electrons. The highest BCUT2D eigenvalue weighted by Gasteiger charge is 2.30. The fraction of sp³-hybridized carbons (Fsp3) is 0.500. The van der Waals surface area contributed by atoms with Crippen LogP contribution in [-0.2, 0) is 11.3 Å². The fourth-order valence-corrected chi connectivity index (χ4v) is 4.46. The van der Waals surface area contributed by atoms with E-state index in [0.717, 1.165) is 31.2 Å². The van der Waals surface area contributed by atoms with Crippen LogP contribution in [0.5, 0.6) is 11.5 Å². The largest absolute Gasteiger partial charge is 0.493 e. The Morgan fingerprint density at radius 3 is 2.17 bits per heavy atom. The summed E-state index contributed by atoms with van der Waals surface area (Å²) < 4.78 is 10.5. The van der Waals surface area contributed by atoms with E-state index >= 15 is 0 Å². The number of nitrogens with two attached hydrogens (primary N) is 1. The van der Waals surface area contributed by atoms with Crippen molar-refractivity contribution in [2.45, 2.75) is 71.5 Å². The van der Waals surface area contributed by atoms with E-state index in [1.165, 1.54) is 7.11 Å². The third kappa shape index (κ3) is 7.46. The molecule has 0 unspecified atom stereocenters. The maximum Gasteiger partial charge on any atom is 0.255 e. The van der Waals surface area contributed by atoms with Crippen molar-refractivity contribution >= 4 is 17.5 Å². The molecule has 0 aromatic heterocycles. The van der Waals surface area contributed by atoms with Crippen LogP contribution in [0, 0.1) is 5.41 Å². The van der Waals surface area contributed by atoms with Gasteiger partial charge in [0.1, 0.15) is 0 Å². The molecular formula is C28H39N3O4. The summed E-state index contributed by atoms with van der Waals surface area (Å²) in [4.78, 5) is 28.0. The molecule has 1 saturated carbocycles. The molecule has 1 aliphatic carbocycles. The molecule has 0 aliphatic heterocycles. The Bertz CT molecular complexity index is 1010.